The number of allylic oxidation sites excluding steroid dienone is 2. The Morgan fingerprint density at radius 1 is 1.06 bits per heavy atom. The van der Waals surface area contributed by atoms with Crippen LogP contribution < -0.4 is 5.32 Å². The lowest BCUT2D eigenvalue weighted by molar-refractivity contribution is -0.146. The molecule has 164 valence electrons. The maximum atomic E-state index is 13.2. The Bertz CT molecular complexity index is 1040. The zero-order chi connectivity index (χ0) is 22.7. The molecule has 7 heteroatoms. The molecule has 0 unspecified atom stereocenters. The highest BCUT2D eigenvalue weighted by Gasteiger charge is 2.38. The van der Waals surface area contributed by atoms with Gasteiger partial charge in [-0.15, -0.1) is 11.3 Å². The van der Waals surface area contributed by atoms with Crippen LogP contribution in [-0.4, -0.2) is 29.6 Å². The third-order valence-electron chi connectivity index (χ3n) is 5.78. The molecule has 0 radical (unpaired) electrons. The lowest BCUT2D eigenvalue weighted by Gasteiger charge is -2.29. The summed E-state index contributed by atoms with van der Waals surface area (Å²) in [5.74, 6) is -3.36. The van der Waals surface area contributed by atoms with Crippen molar-refractivity contribution in [3.63, 3.8) is 0 Å². The smallest absolute Gasteiger partial charge is 0.341 e. The summed E-state index contributed by atoms with van der Waals surface area (Å²) in [6.07, 6.45) is 0.738. The van der Waals surface area contributed by atoms with Crippen molar-refractivity contribution in [1.82, 2.24) is 0 Å². The van der Waals surface area contributed by atoms with Crippen LogP contribution in [0.1, 0.15) is 48.8 Å². The summed E-state index contributed by atoms with van der Waals surface area (Å²) < 4.78 is 5.28. The van der Waals surface area contributed by atoms with Gasteiger partial charge in [0.05, 0.1) is 18.4 Å². The predicted octanol–water partition coefficient (Wildman–Crippen LogP) is 5.29. The Morgan fingerprint density at radius 3 is 2.26 bits per heavy atom. The molecule has 0 bridgehead atoms. The maximum Gasteiger partial charge on any atom is 0.341 e. The maximum absolute atomic E-state index is 13.2. The zero-order valence-corrected chi connectivity index (χ0v) is 19.0. The molecule has 31 heavy (non-hydrogen) atoms. The van der Waals surface area contributed by atoms with Crippen molar-refractivity contribution in [1.29, 1.82) is 0 Å². The summed E-state index contributed by atoms with van der Waals surface area (Å²) in [5.41, 5.74) is 3.95. The van der Waals surface area contributed by atoms with Crippen molar-refractivity contribution in [2.24, 2.45) is 11.8 Å². The van der Waals surface area contributed by atoms with Gasteiger partial charge in [-0.2, -0.15) is 0 Å². The molecule has 6 nitrogen and oxygen atoms in total. The molecule has 1 aromatic heterocycles. The highest BCUT2D eigenvalue weighted by molar-refractivity contribution is 7.17. The van der Waals surface area contributed by atoms with Gasteiger partial charge in [0.15, 0.2) is 0 Å². The summed E-state index contributed by atoms with van der Waals surface area (Å²) in [6.45, 7) is 7.67. The fourth-order valence-corrected chi connectivity index (χ4v) is 5.08. The Hall–Kier alpha value is -2.93. The van der Waals surface area contributed by atoms with E-state index in [1.807, 2.05) is 51.1 Å². The van der Waals surface area contributed by atoms with E-state index < -0.39 is 23.8 Å². The summed E-state index contributed by atoms with van der Waals surface area (Å²) in [4.78, 5) is 38.7. The van der Waals surface area contributed by atoms with Gasteiger partial charge >= 0.3 is 11.9 Å². The first-order valence-electron chi connectivity index (χ1n) is 10.3. The quantitative estimate of drug-likeness (QED) is 0.470. The summed E-state index contributed by atoms with van der Waals surface area (Å²) in [7, 11) is 0. The van der Waals surface area contributed by atoms with E-state index in [4.69, 9.17) is 4.74 Å². The second kappa shape index (κ2) is 9.47. The highest BCUT2D eigenvalue weighted by Crippen LogP contribution is 2.42. The first-order chi connectivity index (χ1) is 14.7. The molecular formula is C24H27NO5S. The number of esters is 1. The summed E-state index contributed by atoms with van der Waals surface area (Å²) >= 11 is 1.30. The van der Waals surface area contributed by atoms with Gasteiger partial charge < -0.3 is 15.2 Å². The minimum atomic E-state index is -0.982. The van der Waals surface area contributed by atoms with Crippen molar-refractivity contribution >= 4 is 34.2 Å². The van der Waals surface area contributed by atoms with Gasteiger partial charge in [0.1, 0.15) is 10.6 Å². The molecule has 2 atom stereocenters. The van der Waals surface area contributed by atoms with E-state index in [1.54, 1.807) is 6.92 Å². The predicted molar refractivity (Wildman–Crippen MR) is 121 cm³/mol. The molecule has 1 aromatic carbocycles. The van der Waals surface area contributed by atoms with E-state index in [9.17, 15) is 19.5 Å². The van der Waals surface area contributed by atoms with Crippen molar-refractivity contribution < 1.29 is 24.2 Å². The number of thiophene rings is 1. The second-order valence-electron chi connectivity index (χ2n) is 7.83. The second-order valence-corrected chi connectivity index (χ2v) is 9.06. The third-order valence-corrected chi connectivity index (χ3v) is 6.80. The monoisotopic (exact) mass is 441 g/mol. The van der Waals surface area contributed by atoms with Gasteiger partial charge in [0, 0.05) is 10.4 Å². The van der Waals surface area contributed by atoms with Crippen LogP contribution in [0.5, 0.6) is 0 Å². The van der Waals surface area contributed by atoms with E-state index in [0.29, 0.717) is 23.4 Å². The van der Waals surface area contributed by atoms with Crippen LogP contribution in [0.2, 0.25) is 0 Å². The Kier molecular flexibility index (Phi) is 6.95. The van der Waals surface area contributed by atoms with Crippen molar-refractivity contribution in [3.8, 4) is 11.1 Å². The number of aryl methyl sites for hydroxylation is 1. The lowest BCUT2D eigenvalue weighted by atomic mass is 9.76. The number of ether oxygens (including phenoxy) is 1. The molecule has 2 N–H and O–H groups in total. The van der Waals surface area contributed by atoms with Gasteiger partial charge in [-0.1, -0.05) is 41.5 Å². The number of carboxylic acids is 1. The standard InChI is InChI=1S/C24H27NO5S/c1-5-30-24(29)20-19(16-9-7-6-8-10-16)15(4)31-22(20)25-21(26)17-11-13(2)14(3)12-18(17)23(27)28/h6-10,17-18H,5,11-12H2,1-4H3,(H,25,26)(H,27,28)/t17-,18+/m1/s1. The number of nitrogens with one attached hydrogen (secondary N) is 1. The Balaban J connectivity index is 2.00. The number of benzene rings is 1. The van der Waals surface area contributed by atoms with Crippen molar-refractivity contribution in [2.75, 3.05) is 11.9 Å². The minimum absolute atomic E-state index is 0.211. The van der Waals surface area contributed by atoms with Crippen LogP contribution in [0.15, 0.2) is 41.5 Å². The molecule has 0 spiro atoms. The van der Waals surface area contributed by atoms with Crippen LogP contribution in [0.25, 0.3) is 11.1 Å². The van der Waals surface area contributed by atoms with Gasteiger partial charge in [0.25, 0.3) is 0 Å². The number of carbonyl (C=O) groups is 3. The number of carboxylic acid groups (broad SMARTS) is 1. The number of carbonyl (C=O) groups excluding carboxylic acids is 2. The number of anilines is 1. The van der Waals surface area contributed by atoms with E-state index in [-0.39, 0.29) is 12.5 Å². The highest BCUT2D eigenvalue weighted by atomic mass is 32.1. The van der Waals surface area contributed by atoms with Crippen LogP contribution in [-0.2, 0) is 14.3 Å². The van der Waals surface area contributed by atoms with Crippen molar-refractivity contribution in [2.45, 2.75) is 40.5 Å². The lowest BCUT2D eigenvalue weighted by Crippen LogP contribution is -2.36. The number of rotatable bonds is 6. The molecule has 1 aliphatic carbocycles. The molecule has 2 aromatic rings. The molecule has 1 amide bonds. The number of hydrogen-bond donors (Lipinski definition) is 2. The largest absolute Gasteiger partial charge is 0.481 e. The number of amides is 1. The molecule has 0 saturated carbocycles. The van der Waals surface area contributed by atoms with Crippen LogP contribution in [0.4, 0.5) is 5.00 Å². The van der Waals surface area contributed by atoms with Crippen molar-refractivity contribution in [3.05, 3.63) is 51.9 Å². The molecule has 0 fully saturated rings. The summed E-state index contributed by atoms with van der Waals surface area (Å²) in [6, 6.07) is 9.47. The number of hydrogen-bond acceptors (Lipinski definition) is 5. The minimum Gasteiger partial charge on any atom is -0.481 e. The third kappa shape index (κ3) is 4.71. The first kappa shape index (κ1) is 22.7. The SMILES string of the molecule is CCOC(=O)c1c(NC(=O)[C@@H]2CC(C)=C(C)C[C@@H]2C(=O)O)sc(C)c1-c1ccccc1. The average molecular weight is 442 g/mol. The van der Waals surface area contributed by atoms with Gasteiger partial charge in [-0.3, -0.25) is 9.59 Å². The van der Waals surface area contributed by atoms with E-state index >= 15 is 0 Å². The topological polar surface area (TPSA) is 92.7 Å². The van der Waals surface area contributed by atoms with Crippen LogP contribution in [0, 0.1) is 18.8 Å². The van der Waals surface area contributed by atoms with Crippen LogP contribution in [0.3, 0.4) is 0 Å². The summed E-state index contributed by atoms with van der Waals surface area (Å²) in [5, 5.41) is 12.9. The molecule has 0 saturated heterocycles. The Labute approximate surface area is 185 Å². The number of aliphatic carboxylic acids is 1. The van der Waals surface area contributed by atoms with E-state index in [2.05, 4.69) is 5.32 Å². The Morgan fingerprint density at radius 2 is 1.68 bits per heavy atom. The molecule has 1 heterocycles. The first-order valence-corrected chi connectivity index (χ1v) is 11.1. The van der Waals surface area contributed by atoms with Gasteiger partial charge in [-0.05, 0) is 46.1 Å². The fraction of sp³-hybridized carbons (Fsp3) is 0.375. The molecule has 1 aliphatic rings. The van der Waals surface area contributed by atoms with E-state index in [1.165, 1.54) is 11.3 Å². The molecule has 3 rings (SSSR count). The average Bonchev–Trinajstić information content (AvgIpc) is 3.05. The normalized spacial score (nSPS) is 18.6. The fourth-order valence-electron chi connectivity index (χ4n) is 4.02. The van der Waals surface area contributed by atoms with Gasteiger partial charge in [0.2, 0.25) is 5.91 Å². The zero-order valence-electron chi connectivity index (χ0n) is 18.2. The van der Waals surface area contributed by atoms with Crippen LogP contribution >= 0.6 is 11.3 Å². The van der Waals surface area contributed by atoms with Gasteiger partial charge in [-0.25, -0.2) is 4.79 Å². The molecular weight excluding hydrogens is 414 g/mol. The van der Waals surface area contributed by atoms with E-state index in [0.717, 1.165) is 27.2 Å². The molecule has 0 aliphatic heterocycles.